The van der Waals surface area contributed by atoms with Crippen molar-refractivity contribution < 1.29 is 4.79 Å². The summed E-state index contributed by atoms with van der Waals surface area (Å²) in [6, 6.07) is 11.2. The van der Waals surface area contributed by atoms with Crippen molar-refractivity contribution in [1.29, 1.82) is 0 Å². The summed E-state index contributed by atoms with van der Waals surface area (Å²) in [6.45, 7) is 0. The number of halogens is 2. The van der Waals surface area contributed by atoms with Gasteiger partial charge in [0.05, 0.1) is 6.04 Å². The van der Waals surface area contributed by atoms with Gasteiger partial charge in [0.2, 0.25) is 5.91 Å². The fraction of sp³-hybridized carbons (Fsp3) is 0.211. The largest absolute Gasteiger partial charge is 0.378 e. The van der Waals surface area contributed by atoms with Crippen LogP contribution in [-0.4, -0.2) is 5.91 Å². The van der Waals surface area contributed by atoms with E-state index in [0.717, 1.165) is 23.2 Å². The molecule has 0 radical (unpaired) electrons. The van der Waals surface area contributed by atoms with Gasteiger partial charge in [-0.2, -0.15) is 0 Å². The molecule has 0 fully saturated rings. The predicted octanol–water partition coefficient (Wildman–Crippen LogP) is 4.92. The fourth-order valence-electron chi connectivity index (χ4n) is 3.84. The zero-order valence-electron chi connectivity index (χ0n) is 12.8. The number of amides is 1. The third-order valence-electron chi connectivity index (χ3n) is 4.96. The van der Waals surface area contributed by atoms with Gasteiger partial charge < -0.3 is 11.1 Å². The number of primary amides is 1. The van der Waals surface area contributed by atoms with Crippen LogP contribution < -0.4 is 11.1 Å². The van der Waals surface area contributed by atoms with Crippen molar-refractivity contribution in [3.8, 4) is 0 Å². The van der Waals surface area contributed by atoms with Crippen LogP contribution in [0.2, 0.25) is 10.0 Å². The summed E-state index contributed by atoms with van der Waals surface area (Å²) < 4.78 is 0. The second-order valence-corrected chi connectivity index (χ2v) is 7.09. The number of benzene rings is 2. The smallest absolute Gasteiger partial charge is 0.248 e. The first-order chi connectivity index (χ1) is 11.6. The molecule has 24 heavy (non-hydrogen) atoms. The Balaban J connectivity index is 1.83. The molecule has 1 heterocycles. The highest BCUT2D eigenvalue weighted by Crippen LogP contribution is 2.52. The number of fused-ring (bicyclic) bond motifs is 3. The molecular formula is C19H16Cl2N2O. The van der Waals surface area contributed by atoms with Crippen LogP contribution >= 0.6 is 23.2 Å². The summed E-state index contributed by atoms with van der Waals surface area (Å²) in [7, 11) is 0. The number of rotatable bonds is 2. The van der Waals surface area contributed by atoms with Crippen LogP contribution in [0.5, 0.6) is 0 Å². The molecule has 2 aromatic rings. The lowest BCUT2D eigenvalue weighted by atomic mass is 9.76. The van der Waals surface area contributed by atoms with Crippen LogP contribution in [0.25, 0.3) is 0 Å². The van der Waals surface area contributed by atoms with Gasteiger partial charge in [-0.05, 0) is 48.2 Å². The van der Waals surface area contributed by atoms with Crippen molar-refractivity contribution in [2.24, 2.45) is 11.7 Å². The Hall–Kier alpha value is -1.97. The second-order valence-electron chi connectivity index (χ2n) is 6.28. The molecule has 1 aliphatic heterocycles. The highest BCUT2D eigenvalue weighted by atomic mass is 35.5. The second kappa shape index (κ2) is 5.83. The van der Waals surface area contributed by atoms with E-state index in [1.807, 2.05) is 30.3 Å². The number of hydrogen-bond acceptors (Lipinski definition) is 2. The molecule has 0 bridgehead atoms. The molecule has 2 aromatic carbocycles. The fourth-order valence-corrected chi connectivity index (χ4v) is 4.47. The highest BCUT2D eigenvalue weighted by molar-refractivity contribution is 6.36. The van der Waals surface area contributed by atoms with Gasteiger partial charge in [-0.15, -0.1) is 0 Å². The Morgan fingerprint density at radius 1 is 1.17 bits per heavy atom. The lowest BCUT2D eigenvalue weighted by Gasteiger charge is -2.38. The molecule has 4 rings (SSSR count). The summed E-state index contributed by atoms with van der Waals surface area (Å²) in [5, 5.41) is 4.91. The molecule has 0 saturated carbocycles. The van der Waals surface area contributed by atoms with Crippen LogP contribution in [0.15, 0.2) is 48.6 Å². The molecule has 3 nitrogen and oxygen atoms in total. The quantitative estimate of drug-likeness (QED) is 0.748. The van der Waals surface area contributed by atoms with Crippen molar-refractivity contribution in [2.45, 2.75) is 18.4 Å². The topological polar surface area (TPSA) is 55.1 Å². The Bertz CT molecular complexity index is 842. The molecule has 1 amide bonds. The Morgan fingerprint density at radius 2 is 1.92 bits per heavy atom. The SMILES string of the molecule is NC(=O)c1ccc2c(c1)C1C=CCC1C(c1c(Cl)cccc1Cl)N2. The zero-order valence-corrected chi connectivity index (χ0v) is 14.3. The van der Waals surface area contributed by atoms with E-state index in [0.29, 0.717) is 21.5 Å². The van der Waals surface area contributed by atoms with Gasteiger partial charge in [0.15, 0.2) is 0 Å². The van der Waals surface area contributed by atoms with E-state index in [4.69, 9.17) is 28.9 Å². The van der Waals surface area contributed by atoms with Crippen LogP contribution in [0.3, 0.4) is 0 Å². The molecule has 3 N–H and O–H groups in total. The number of allylic oxidation sites excluding steroid dienone is 2. The summed E-state index contributed by atoms with van der Waals surface area (Å²) >= 11 is 12.9. The van der Waals surface area contributed by atoms with Gasteiger partial charge in [-0.3, -0.25) is 4.79 Å². The number of carbonyl (C=O) groups excluding carboxylic acids is 1. The van der Waals surface area contributed by atoms with Gasteiger partial charge in [-0.1, -0.05) is 41.4 Å². The summed E-state index contributed by atoms with van der Waals surface area (Å²) in [5.41, 5.74) is 8.99. The lowest BCUT2D eigenvalue weighted by molar-refractivity contribution is 0.1000. The van der Waals surface area contributed by atoms with E-state index in [-0.39, 0.29) is 12.0 Å². The van der Waals surface area contributed by atoms with Crippen molar-refractivity contribution in [3.63, 3.8) is 0 Å². The normalized spacial score (nSPS) is 24.2. The van der Waals surface area contributed by atoms with Gasteiger partial charge in [0, 0.05) is 32.8 Å². The Morgan fingerprint density at radius 3 is 2.62 bits per heavy atom. The maximum absolute atomic E-state index is 11.5. The standard InChI is InChI=1S/C19H16Cl2N2O/c20-14-5-2-6-15(21)17(14)18-12-4-1-3-11(12)13-9-10(19(22)24)7-8-16(13)23-18/h1-3,5-9,11-12,18,23H,4H2,(H2,22,24). The predicted molar refractivity (Wildman–Crippen MR) is 97.8 cm³/mol. The molecule has 2 aliphatic rings. The van der Waals surface area contributed by atoms with Gasteiger partial charge in [0.1, 0.15) is 0 Å². The zero-order chi connectivity index (χ0) is 16.8. The molecule has 0 aromatic heterocycles. The van der Waals surface area contributed by atoms with E-state index in [2.05, 4.69) is 17.5 Å². The first-order valence-electron chi connectivity index (χ1n) is 7.87. The molecule has 122 valence electrons. The average molecular weight is 359 g/mol. The highest BCUT2D eigenvalue weighted by Gasteiger charge is 2.39. The number of nitrogens with two attached hydrogens (primary N) is 1. The average Bonchev–Trinajstić information content (AvgIpc) is 3.04. The van der Waals surface area contributed by atoms with E-state index in [9.17, 15) is 4.79 Å². The molecule has 0 spiro atoms. The number of hydrogen-bond donors (Lipinski definition) is 2. The van der Waals surface area contributed by atoms with E-state index in [1.54, 1.807) is 6.07 Å². The van der Waals surface area contributed by atoms with Crippen molar-refractivity contribution >= 4 is 34.8 Å². The van der Waals surface area contributed by atoms with Gasteiger partial charge in [0.25, 0.3) is 0 Å². The maximum atomic E-state index is 11.5. The lowest BCUT2D eigenvalue weighted by Crippen LogP contribution is -2.30. The summed E-state index contributed by atoms with van der Waals surface area (Å²) in [5.74, 6) is 0.114. The van der Waals surface area contributed by atoms with Crippen molar-refractivity contribution in [1.82, 2.24) is 0 Å². The summed E-state index contributed by atoms with van der Waals surface area (Å²) in [4.78, 5) is 11.5. The van der Waals surface area contributed by atoms with Crippen LogP contribution in [0.4, 0.5) is 5.69 Å². The number of anilines is 1. The van der Waals surface area contributed by atoms with Gasteiger partial charge in [-0.25, -0.2) is 0 Å². The minimum absolute atomic E-state index is 0.0260. The minimum Gasteiger partial charge on any atom is -0.378 e. The van der Waals surface area contributed by atoms with E-state index in [1.165, 1.54) is 0 Å². The van der Waals surface area contributed by atoms with Crippen molar-refractivity contribution in [2.75, 3.05) is 5.32 Å². The first-order valence-corrected chi connectivity index (χ1v) is 8.62. The maximum Gasteiger partial charge on any atom is 0.248 e. The van der Waals surface area contributed by atoms with Crippen molar-refractivity contribution in [3.05, 3.63) is 75.3 Å². The number of nitrogens with one attached hydrogen (secondary N) is 1. The molecule has 3 unspecified atom stereocenters. The molecule has 0 saturated heterocycles. The summed E-state index contributed by atoms with van der Waals surface area (Å²) in [6.07, 6.45) is 5.32. The Labute approximate surface area is 150 Å². The molecular weight excluding hydrogens is 343 g/mol. The third kappa shape index (κ3) is 2.40. The third-order valence-corrected chi connectivity index (χ3v) is 5.62. The molecule has 3 atom stereocenters. The first kappa shape index (κ1) is 15.6. The van der Waals surface area contributed by atoms with Crippen LogP contribution in [0.1, 0.15) is 39.9 Å². The van der Waals surface area contributed by atoms with E-state index < -0.39 is 5.91 Å². The van der Waals surface area contributed by atoms with E-state index >= 15 is 0 Å². The monoisotopic (exact) mass is 358 g/mol. The van der Waals surface area contributed by atoms with Crippen LogP contribution in [0, 0.1) is 5.92 Å². The molecule has 1 aliphatic carbocycles. The Kier molecular flexibility index (Phi) is 3.78. The number of carbonyl (C=O) groups is 1. The van der Waals surface area contributed by atoms with Crippen LogP contribution in [-0.2, 0) is 0 Å². The van der Waals surface area contributed by atoms with Gasteiger partial charge >= 0.3 is 0 Å². The molecule has 5 heteroatoms. The minimum atomic E-state index is -0.410.